The zero-order valence-corrected chi connectivity index (χ0v) is 15.4. The van der Waals surface area contributed by atoms with E-state index in [1.165, 1.54) is 0 Å². The number of hydrogen-bond donors (Lipinski definition) is 2. The number of amides is 1. The normalized spacial score (nSPS) is 16.3. The average Bonchev–Trinajstić information content (AvgIpc) is 3.19. The number of carbonyl (C=O) groups excluding carboxylic acids is 1. The number of para-hydroxylation sites is 1. The molecule has 3 aromatic rings. The second-order valence-electron chi connectivity index (χ2n) is 6.99. The molecular formula is C20H23N5O. The Kier molecular flexibility index (Phi) is 3.83. The predicted octanol–water partition coefficient (Wildman–Crippen LogP) is 3.73. The van der Waals surface area contributed by atoms with Crippen molar-refractivity contribution in [3.05, 3.63) is 65.1 Å². The van der Waals surface area contributed by atoms with Gasteiger partial charge in [0.1, 0.15) is 12.0 Å². The number of nitrogens with zero attached hydrogens (tertiary/aromatic N) is 3. The SMILES string of the molecule is Cc1cc([C@@H]2NC(=O)c3ccccc3N2)c(C)n1-c1ccnn1C(C)C. The van der Waals surface area contributed by atoms with Gasteiger partial charge < -0.3 is 15.2 Å². The van der Waals surface area contributed by atoms with Gasteiger partial charge in [-0.2, -0.15) is 5.10 Å². The highest BCUT2D eigenvalue weighted by Gasteiger charge is 2.27. The molecule has 134 valence electrons. The van der Waals surface area contributed by atoms with Crippen molar-refractivity contribution < 1.29 is 4.79 Å². The van der Waals surface area contributed by atoms with E-state index in [2.05, 4.69) is 54.1 Å². The number of rotatable bonds is 3. The standard InChI is InChI=1S/C20H23N5O/c1-12(2)25-18(9-10-21-25)24-13(3)11-16(14(24)4)19-22-17-8-6-5-7-15(17)20(26)23-19/h5-12,19,22H,1-4H3,(H,23,26)/t19-/m0/s1. The third kappa shape index (κ3) is 2.49. The number of aryl methyl sites for hydroxylation is 1. The Bertz CT molecular complexity index is 982. The lowest BCUT2D eigenvalue weighted by Crippen LogP contribution is -2.38. The van der Waals surface area contributed by atoms with E-state index in [9.17, 15) is 4.79 Å². The molecule has 0 spiro atoms. The fourth-order valence-electron chi connectivity index (χ4n) is 3.68. The Labute approximate surface area is 152 Å². The first-order valence-electron chi connectivity index (χ1n) is 8.86. The highest BCUT2D eigenvalue weighted by atomic mass is 16.2. The zero-order chi connectivity index (χ0) is 18.4. The Balaban J connectivity index is 1.76. The minimum atomic E-state index is -0.257. The van der Waals surface area contributed by atoms with Crippen molar-refractivity contribution >= 4 is 11.6 Å². The third-order valence-electron chi connectivity index (χ3n) is 4.90. The van der Waals surface area contributed by atoms with Gasteiger partial charge in [-0.15, -0.1) is 0 Å². The summed E-state index contributed by atoms with van der Waals surface area (Å²) in [5, 5.41) is 11.0. The monoisotopic (exact) mass is 349 g/mol. The predicted molar refractivity (Wildman–Crippen MR) is 102 cm³/mol. The lowest BCUT2D eigenvalue weighted by molar-refractivity contribution is 0.0935. The van der Waals surface area contributed by atoms with Crippen LogP contribution in [0.25, 0.3) is 5.82 Å². The van der Waals surface area contributed by atoms with E-state index in [0.717, 1.165) is 28.5 Å². The lowest BCUT2D eigenvalue weighted by atomic mass is 10.1. The van der Waals surface area contributed by atoms with Crippen LogP contribution in [0.2, 0.25) is 0 Å². The van der Waals surface area contributed by atoms with Gasteiger partial charge in [0.25, 0.3) is 5.91 Å². The second kappa shape index (κ2) is 6.05. The van der Waals surface area contributed by atoms with Crippen molar-refractivity contribution in [1.82, 2.24) is 19.7 Å². The van der Waals surface area contributed by atoms with Crippen LogP contribution in [0.3, 0.4) is 0 Å². The summed E-state index contributed by atoms with van der Waals surface area (Å²) in [6.07, 6.45) is 1.57. The van der Waals surface area contributed by atoms with Gasteiger partial charge in [0.15, 0.2) is 0 Å². The second-order valence-corrected chi connectivity index (χ2v) is 6.99. The van der Waals surface area contributed by atoms with Gasteiger partial charge in [-0.05, 0) is 45.9 Å². The molecular weight excluding hydrogens is 326 g/mol. The third-order valence-corrected chi connectivity index (χ3v) is 4.90. The van der Waals surface area contributed by atoms with E-state index in [1.54, 1.807) is 0 Å². The van der Waals surface area contributed by atoms with Crippen LogP contribution in [0.1, 0.15) is 53.4 Å². The molecule has 1 atom stereocenters. The molecule has 0 saturated carbocycles. The Morgan fingerprint density at radius 1 is 1.12 bits per heavy atom. The van der Waals surface area contributed by atoms with Gasteiger partial charge in [-0.1, -0.05) is 12.1 Å². The maximum Gasteiger partial charge on any atom is 0.255 e. The first-order valence-corrected chi connectivity index (χ1v) is 8.86. The van der Waals surface area contributed by atoms with Crippen LogP contribution in [-0.4, -0.2) is 20.3 Å². The molecule has 6 heteroatoms. The maximum absolute atomic E-state index is 12.5. The van der Waals surface area contributed by atoms with Crippen LogP contribution in [0.5, 0.6) is 0 Å². The Morgan fingerprint density at radius 3 is 2.65 bits per heavy atom. The summed E-state index contributed by atoms with van der Waals surface area (Å²) in [5.74, 6) is 0.977. The van der Waals surface area contributed by atoms with E-state index < -0.39 is 0 Å². The van der Waals surface area contributed by atoms with E-state index in [4.69, 9.17) is 0 Å². The molecule has 3 heterocycles. The largest absolute Gasteiger partial charge is 0.361 e. The van der Waals surface area contributed by atoms with Crippen LogP contribution in [-0.2, 0) is 0 Å². The molecule has 1 aliphatic rings. The number of hydrogen-bond acceptors (Lipinski definition) is 3. The first kappa shape index (κ1) is 16.4. The van der Waals surface area contributed by atoms with Gasteiger partial charge >= 0.3 is 0 Å². The van der Waals surface area contributed by atoms with Crippen molar-refractivity contribution in [3.8, 4) is 5.82 Å². The Morgan fingerprint density at radius 2 is 1.88 bits per heavy atom. The molecule has 0 fully saturated rings. The van der Waals surface area contributed by atoms with Crippen molar-refractivity contribution in [3.63, 3.8) is 0 Å². The molecule has 0 saturated heterocycles. The van der Waals surface area contributed by atoms with Crippen LogP contribution in [0.15, 0.2) is 42.6 Å². The topological polar surface area (TPSA) is 63.9 Å². The van der Waals surface area contributed by atoms with Gasteiger partial charge in [-0.3, -0.25) is 4.79 Å². The van der Waals surface area contributed by atoms with Gasteiger partial charge in [0.05, 0.1) is 11.8 Å². The number of nitrogens with one attached hydrogen (secondary N) is 2. The highest BCUT2D eigenvalue weighted by molar-refractivity contribution is 6.01. The number of anilines is 1. The molecule has 0 aliphatic carbocycles. The van der Waals surface area contributed by atoms with Gasteiger partial charge in [-0.25, -0.2) is 4.68 Å². The molecule has 1 amide bonds. The van der Waals surface area contributed by atoms with Crippen molar-refractivity contribution in [1.29, 1.82) is 0 Å². The number of fused-ring (bicyclic) bond motifs is 1. The molecule has 2 N–H and O–H groups in total. The molecule has 6 nitrogen and oxygen atoms in total. The molecule has 1 aliphatic heterocycles. The number of aromatic nitrogens is 3. The van der Waals surface area contributed by atoms with Crippen molar-refractivity contribution in [2.24, 2.45) is 0 Å². The van der Waals surface area contributed by atoms with Crippen LogP contribution in [0, 0.1) is 13.8 Å². The molecule has 0 bridgehead atoms. The van der Waals surface area contributed by atoms with E-state index in [0.29, 0.717) is 5.56 Å². The molecule has 2 aromatic heterocycles. The summed E-state index contributed by atoms with van der Waals surface area (Å²) in [5.41, 5.74) is 4.78. The van der Waals surface area contributed by atoms with Crippen LogP contribution in [0.4, 0.5) is 5.69 Å². The van der Waals surface area contributed by atoms with Crippen molar-refractivity contribution in [2.45, 2.75) is 39.9 Å². The molecule has 26 heavy (non-hydrogen) atoms. The number of carbonyl (C=O) groups is 1. The minimum absolute atomic E-state index is 0.0543. The van der Waals surface area contributed by atoms with E-state index in [-0.39, 0.29) is 18.1 Å². The minimum Gasteiger partial charge on any atom is -0.361 e. The van der Waals surface area contributed by atoms with Crippen molar-refractivity contribution in [2.75, 3.05) is 5.32 Å². The average molecular weight is 349 g/mol. The summed E-state index contributed by atoms with van der Waals surface area (Å²) in [6.45, 7) is 8.39. The van der Waals surface area contributed by atoms with Gasteiger partial charge in [0.2, 0.25) is 0 Å². The molecule has 0 unspecified atom stereocenters. The molecule has 0 radical (unpaired) electrons. The zero-order valence-electron chi connectivity index (χ0n) is 15.4. The van der Waals surface area contributed by atoms with E-state index >= 15 is 0 Å². The van der Waals surface area contributed by atoms with Crippen LogP contribution >= 0.6 is 0 Å². The number of benzene rings is 1. The Hall–Kier alpha value is -3.02. The quantitative estimate of drug-likeness (QED) is 0.757. The maximum atomic E-state index is 12.5. The lowest BCUT2D eigenvalue weighted by Gasteiger charge is -2.28. The molecule has 1 aromatic carbocycles. The summed E-state index contributed by atoms with van der Waals surface area (Å²) in [6, 6.07) is 12.0. The van der Waals surface area contributed by atoms with Gasteiger partial charge in [0, 0.05) is 34.7 Å². The fourth-order valence-corrected chi connectivity index (χ4v) is 3.68. The summed E-state index contributed by atoms with van der Waals surface area (Å²) >= 11 is 0. The summed E-state index contributed by atoms with van der Waals surface area (Å²) in [4.78, 5) is 12.5. The molecule has 4 rings (SSSR count). The summed E-state index contributed by atoms with van der Waals surface area (Å²) < 4.78 is 4.20. The highest BCUT2D eigenvalue weighted by Crippen LogP contribution is 2.31. The van der Waals surface area contributed by atoms with E-state index in [1.807, 2.05) is 41.2 Å². The summed E-state index contributed by atoms with van der Waals surface area (Å²) in [7, 11) is 0. The van der Waals surface area contributed by atoms with Crippen LogP contribution < -0.4 is 10.6 Å². The smallest absolute Gasteiger partial charge is 0.255 e. The fraction of sp³-hybridized carbons (Fsp3) is 0.300. The first-order chi connectivity index (χ1) is 12.5.